The van der Waals surface area contributed by atoms with E-state index in [9.17, 15) is 0 Å². The fourth-order valence-corrected chi connectivity index (χ4v) is 3.48. The van der Waals surface area contributed by atoms with E-state index in [4.69, 9.17) is 4.74 Å². The molecule has 2 fully saturated rings. The van der Waals surface area contributed by atoms with Crippen LogP contribution in [0.1, 0.15) is 69.0 Å². The van der Waals surface area contributed by atoms with Gasteiger partial charge in [0.1, 0.15) is 0 Å². The second kappa shape index (κ2) is 6.93. The van der Waals surface area contributed by atoms with Crippen molar-refractivity contribution in [2.24, 2.45) is 5.92 Å². The molecule has 0 spiro atoms. The summed E-state index contributed by atoms with van der Waals surface area (Å²) in [6.45, 7) is 6.10. The van der Waals surface area contributed by atoms with Crippen LogP contribution in [0.15, 0.2) is 24.3 Å². The molecule has 2 unspecified atom stereocenters. The lowest BCUT2D eigenvalue weighted by molar-refractivity contribution is 0.0189. The quantitative estimate of drug-likeness (QED) is 0.764. The zero-order valence-corrected chi connectivity index (χ0v) is 13.5. The van der Waals surface area contributed by atoms with Gasteiger partial charge in [0.05, 0.1) is 12.1 Å². The number of rotatable bonds is 8. The predicted octanol–water partition coefficient (Wildman–Crippen LogP) is 4.42. The molecule has 1 N–H and O–H groups in total. The molecule has 116 valence electrons. The lowest BCUT2D eigenvalue weighted by Gasteiger charge is -2.30. The maximum Gasteiger partial charge on any atom is 0.0797 e. The molecule has 2 aliphatic carbocycles. The minimum atomic E-state index is 0.338. The van der Waals surface area contributed by atoms with E-state index in [2.05, 4.69) is 43.4 Å². The first-order chi connectivity index (χ1) is 10.3. The van der Waals surface area contributed by atoms with E-state index in [0.29, 0.717) is 12.1 Å². The Bertz CT molecular complexity index is 433. The van der Waals surface area contributed by atoms with Crippen LogP contribution in [-0.2, 0) is 4.74 Å². The second-order valence-corrected chi connectivity index (χ2v) is 6.59. The third-order valence-electron chi connectivity index (χ3n) is 5.07. The molecule has 2 nitrogen and oxygen atoms in total. The summed E-state index contributed by atoms with van der Waals surface area (Å²) in [7, 11) is 0. The monoisotopic (exact) mass is 287 g/mol. The molecule has 2 saturated carbocycles. The molecule has 0 saturated heterocycles. The molecule has 1 aromatic rings. The molecular formula is C19H29NO. The summed E-state index contributed by atoms with van der Waals surface area (Å²) >= 11 is 0. The summed E-state index contributed by atoms with van der Waals surface area (Å²) < 4.78 is 6.08. The Labute approximate surface area is 129 Å². The number of ether oxygens (including phenoxy) is 1. The van der Waals surface area contributed by atoms with Crippen molar-refractivity contribution in [2.45, 2.75) is 64.0 Å². The Morgan fingerprint density at radius 2 is 1.81 bits per heavy atom. The first-order valence-electron chi connectivity index (χ1n) is 8.78. The van der Waals surface area contributed by atoms with Gasteiger partial charge in [-0.3, -0.25) is 0 Å². The maximum absolute atomic E-state index is 6.08. The zero-order chi connectivity index (χ0) is 14.7. The summed E-state index contributed by atoms with van der Waals surface area (Å²) in [5.41, 5.74) is 2.92. The van der Waals surface area contributed by atoms with E-state index < -0.39 is 0 Å². The van der Waals surface area contributed by atoms with Crippen LogP contribution in [0.2, 0.25) is 0 Å². The Kier molecular flexibility index (Phi) is 4.97. The molecule has 2 heteroatoms. The molecule has 0 heterocycles. The van der Waals surface area contributed by atoms with Gasteiger partial charge >= 0.3 is 0 Å². The molecule has 3 rings (SSSR count). The number of hydrogen-bond donors (Lipinski definition) is 1. The summed E-state index contributed by atoms with van der Waals surface area (Å²) in [6.07, 6.45) is 7.14. The van der Waals surface area contributed by atoms with Crippen LogP contribution in [0.3, 0.4) is 0 Å². The molecule has 0 aliphatic heterocycles. The van der Waals surface area contributed by atoms with Crippen LogP contribution >= 0.6 is 0 Å². The van der Waals surface area contributed by atoms with Gasteiger partial charge in [-0.05, 0) is 62.1 Å². The van der Waals surface area contributed by atoms with Crippen molar-refractivity contribution in [1.82, 2.24) is 5.32 Å². The van der Waals surface area contributed by atoms with Crippen molar-refractivity contribution in [3.05, 3.63) is 35.4 Å². The minimum absolute atomic E-state index is 0.338. The average molecular weight is 287 g/mol. The maximum atomic E-state index is 6.08. The van der Waals surface area contributed by atoms with E-state index in [0.717, 1.165) is 25.0 Å². The second-order valence-electron chi connectivity index (χ2n) is 6.59. The van der Waals surface area contributed by atoms with Crippen LogP contribution in [0.4, 0.5) is 0 Å². The van der Waals surface area contributed by atoms with Crippen molar-refractivity contribution >= 4 is 0 Å². The van der Waals surface area contributed by atoms with Crippen LogP contribution in [0.25, 0.3) is 0 Å². The first kappa shape index (κ1) is 15.1. The van der Waals surface area contributed by atoms with E-state index in [1.165, 1.54) is 43.2 Å². The summed E-state index contributed by atoms with van der Waals surface area (Å²) in [6, 6.07) is 9.70. The number of nitrogens with one attached hydrogen (secondary N) is 1. The lowest BCUT2D eigenvalue weighted by atomic mass is 9.79. The largest absolute Gasteiger partial charge is 0.376 e. The minimum Gasteiger partial charge on any atom is -0.376 e. The van der Waals surface area contributed by atoms with Crippen molar-refractivity contribution < 1.29 is 4.74 Å². The third-order valence-corrected chi connectivity index (χ3v) is 5.07. The SMILES string of the molecule is CCNC(c1ccc(C2CCC2)cc1)C(OCC)C1CC1. The van der Waals surface area contributed by atoms with E-state index in [-0.39, 0.29) is 0 Å². The van der Waals surface area contributed by atoms with Crippen molar-refractivity contribution in [1.29, 1.82) is 0 Å². The summed E-state index contributed by atoms with van der Waals surface area (Å²) in [4.78, 5) is 0. The molecule has 1 aromatic carbocycles. The summed E-state index contributed by atoms with van der Waals surface area (Å²) in [5.74, 6) is 1.57. The van der Waals surface area contributed by atoms with E-state index in [1.54, 1.807) is 0 Å². The molecule has 21 heavy (non-hydrogen) atoms. The highest BCUT2D eigenvalue weighted by atomic mass is 16.5. The van der Waals surface area contributed by atoms with Crippen LogP contribution in [-0.4, -0.2) is 19.3 Å². The zero-order valence-electron chi connectivity index (χ0n) is 13.5. The molecule has 0 bridgehead atoms. The predicted molar refractivity (Wildman–Crippen MR) is 87.6 cm³/mol. The smallest absolute Gasteiger partial charge is 0.0797 e. The Morgan fingerprint density at radius 3 is 2.29 bits per heavy atom. The van der Waals surface area contributed by atoms with Gasteiger partial charge in [-0.2, -0.15) is 0 Å². The van der Waals surface area contributed by atoms with Crippen molar-refractivity contribution in [3.8, 4) is 0 Å². The molecule has 0 amide bonds. The Hall–Kier alpha value is -0.860. The third kappa shape index (κ3) is 3.49. The van der Waals surface area contributed by atoms with Gasteiger partial charge in [0.15, 0.2) is 0 Å². The van der Waals surface area contributed by atoms with Gasteiger partial charge in [0.25, 0.3) is 0 Å². The topological polar surface area (TPSA) is 21.3 Å². The van der Waals surface area contributed by atoms with E-state index >= 15 is 0 Å². The van der Waals surface area contributed by atoms with Gasteiger partial charge in [-0.15, -0.1) is 0 Å². The Morgan fingerprint density at radius 1 is 1.10 bits per heavy atom. The molecule has 0 radical (unpaired) electrons. The molecule has 2 atom stereocenters. The van der Waals surface area contributed by atoms with Gasteiger partial charge in [-0.25, -0.2) is 0 Å². The number of benzene rings is 1. The molecule has 0 aromatic heterocycles. The van der Waals surface area contributed by atoms with Crippen LogP contribution in [0.5, 0.6) is 0 Å². The standard InChI is InChI=1S/C19H29NO/c1-3-20-18(19(21-4-2)17-12-13-17)16-10-8-15(9-11-16)14-6-5-7-14/h8-11,14,17-20H,3-7,12-13H2,1-2H3. The van der Waals surface area contributed by atoms with Crippen LogP contribution < -0.4 is 5.32 Å². The number of likely N-dealkylation sites (N-methyl/N-ethyl adjacent to an activating group) is 1. The Balaban J connectivity index is 1.75. The first-order valence-corrected chi connectivity index (χ1v) is 8.78. The highest BCUT2D eigenvalue weighted by molar-refractivity contribution is 5.29. The van der Waals surface area contributed by atoms with E-state index in [1.807, 2.05) is 0 Å². The fraction of sp³-hybridized carbons (Fsp3) is 0.684. The molecular weight excluding hydrogens is 258 g/mol. The summed E-state index contributed by atoms with van der Waals surface area (Å²) in [5, 5.41) is 3.66. The van der Waals surface area contributed by atoms with Crippen LogP contribution in [0, 0.1) is 5.92 Å². The highest BCUT2D eigenvalue weighted by Gasteiger charge is 2.37. The van der Waals surface area contributed by atoms with Gasteiger partial charge < -0.3 is 10.1 Å². The van der Waals surface area contributed by atoms with Crippen molar-refractivity contribution in [2.75, 3.05) is 13.2 Å². The van der Waals surface area contributed by atoms with Gasteiger partial charge in [-0.1, -0.05) is 37.6 Å². The number of hydrogen-bond acceptors (Lipinski definition) is 2. The van der Waals surface area contributed by atoms with Gasteiger partial charge in [0.2, 0.25) is 0 Å². The molecule has 2 aliphatic rings. The fourth-order valence-electron chi connectivity index (χ4n) is 3.48. The highest BCUT2D eigenvalue weighted by Crippen LogP contribution is 2.41. The lowest BCUT2D eigenvalue weighted by Crippen LogP contribution is -2.35. The normalized spacial score (nSPS) is 21.8. The van der Waals surface area contributed by atoms with Crippen molar-refractivity contribution in [3.63, 3.8) is 0 Å². The average Bonchev–Trinajstić information content (AvgIpc) is 3.26. The van der Waals surface area contributed by atoms with Gasteiger partial charge in [0, 0.05) is 6.61 Å².